The van der Waals surface area contributed by atoms with Crippen LogP contribution in [0, 0.1) is 12.7 Å². The highest BCUT2D eigenvalue weighted by atomic mass is 79.9. The van der Waals surface area contributed by atoms with Gasteiger partial charge in [0, 0.05) is 4.47 Å². The van der Waals surface area contributed by atoms with Crippen molar-refractivity contribution in [2.75, 3.05) is 12.0 Å². The normalized spacial score (nSPS) is 14.8. The molecule has 35 heavy (non-hydrogen) atoms. The molecule has 1 aliphatic rings. The predicted octanol–water partition coefficient (Wildman–Crippen LogP) is 5.15. The molecule has 1 N–H and O–H groups in total. The Morgan fingerprint density at radius 3 is 2.34 bits per heavy atom. The molecule has 0 radical (unpaired) electrons. The van der Waals surface area contributed by atoms with Crippen molar-refractivity contribution in [2.45, 2.75) is 13.5 Å². The van der Waals surface area contributed by atoms with Crippen LogP contribution in [0.5, 0.6) is 11.5 Å². The summed E-state index contributed by atoms with van der Waals surface area (Å²) in [7, 11) is 1.48. The molecular weight excluding hydrogens is 519 g/mol. The maximum Gasteiger partial charge on any atom is 0.335 e. The molecule has 7 nitrogen and oxygen atoms in total. The van der Waals surface area contributed by atoms with Gasteiger partial charge in [0.15, 0.2) is 11.5 Å². The van der Waals surface area contributed by atoms with E-state index in [4.69, 9.17) is 9.47 Å². The van der Waals surface area contributed by atoms with Crippen LogP contribution in [0.3, 0.4) is 0 Å². The number of ether oxygens (including phenoxy) is 2. The highest BCUT2D eigenvalue weighted by Gasteiger charge is 2.37. The predicted molar refractivity (Wildman–Crippen MR) is 132 cm³/mol. The van der Waals surface area contributed by atoms with Crippen molar-refractivity contribution in [3.63, 3.8) is 0 Å². The van der Waals surface area contributed by atoms with Crippen LogP contribution >= 0.6 is 15.9 Å². The summed E-state index contributed by atoms with van der Waals surface area (Å²) in [6.07, 6.45) is 1.34. The van der Waals surface area contributed by atoms with Crippen LogP contribution in [0.15, 0.2) is 70.7 Å². The molecule has 3 aromatic carbocycles. The number of carbonyl (C=O) groups excluding carboxylic acids is 3. The summed E-state index contributed by atoms with van der Waals surface area (Å²) in [6.45, 7) is 2.32. The van der Waals surface area contributed by atoms with Crippen molar-refractivity contribution < 1.29 is 28.2 Å². The van der Waals surface area contributed by atoms with Crippen LogP contribution in [0.4, 0.5) is 14.9 Å². The number of hydrogen-bond donors (Lipinski definition) is 1. The number of halogens is 2. The Morgan fingerprint density at radius 1 is 1.00 bits per heavy atom. The average molecular weight is 539 g/mol. The number of aryl methyl sites for hydroxylation is 1. The van der Waals surface area contributed by atoms with Gasteiger partial charge in [-0.05, 0) is 60.5 Å². The number of imide groups is 2. The van der Waals surface area contributed by atoms with Crippen molar-refractivity contribution in [1.29, 1.82) is 0 Å². The number of methoxy groups -OCH3 is 1. The fraction of sp³-hybridized carbons (Fsp3) is 0.115. The smallest absolute Gasteiger partial charge is 0.335 e. The molecule has 0 aliphatic carbocycles. The summed E-state index contributed by atoms with van der Waals surface area (Å²) in [5.41, 5.74) is 2.44. The van der Waals surface area contributed by atoms with Gasteiger partial charge in [0.2, 0.25) is 0 Å². The van der Waals surface area contributed by atoms with E-state index in [1.807, 2.05) is 31.2 Å². The zero-order valence-electron chi connectivity index (χ0n) is 18.8. The van der Waals surface area contributed by atoms with Crippen molar-refractivity contribution in [3.8, 4) is 11.5 Å². The van der Waals surface area contributed by atoms with Crippen LogP contribution in [0.25, 0.3) is 6.08 Å². The quantitative estimate of drug-likeness (QED) is 0.346. The lowest BCUT2D eigenvalue weighted by Crippen LogP contribution is -2.54. The molecule has 4 amide bonds. The van der Waals surface area contributed by atoms with E-state index < -0.39 is 23.7 Å². The summed E-state index contributed by atoms with van der Waals surface area (Å²) >= 11 is 3.45. The SMILES string of the molecule is COc1cc(/C=C2\C(=O)NC(=O)N(c3ccc(F)cc3)C2=O)c(Br)cc1OCc1ccc(C)cc1. The van der Waals surface area contributed by atoms with Crippen LogP contribution in [0.1, 0.15) is 16.7 Å². The number of nitrogens with zero attached hydrogens (tertiary/aromatic N) is 1. The molecule has 0 saturated carbocycles. The monoisotopic (exact) mass is 538 g/mol. The summed E-state index contributed by atoms with van der Waals surface area (Å²) in [6, 6.07) is 15.1. The van der Waals surface area contributed by atoms with Crippen molar-refractivity contribution in [2.24, 2.45) is 0 Å². The second-order valence-electron chi connectivity index (χ2n) is 7.73. The lowest BCUT2D eigenvalue weighted by atomic mass is 10.1. The Balaban J connectivity index is 1.63. The Morgan fingerprint density at radius 2 is 1.69 bits per heavy atom. The third-order valence-corrected chi connectivity index (χ3v) is 5.97. The lowest BCUT2D eigenvalue weighted by Gasteiger charge is -2.26. The maximum absolute atomic E-state index is 13.3. The lowest BCUT2D eigenvalue weighted by molar-refractivity contribution is -0.122. The van der Waals surface area contributed by atoms with Gasteiger partial charge in [0.05, 0.1) is 12.8 Å². The molecule has 0 spiro atoms. The molecule has 0 bridgehead atoms. The van der Waals surface area contributed by atoms with E-state index in [1.54, 1.807) is 12.1 Å². The van der Waals surface area contributed by atoms with Gasteiger partial charge in [0.25, 0.3) is 11.8 Å². The molecule has 0 aromatic heterocycles. The van der Waals surface area contributed by atoms with Gasteiger partial charge in [-0.25, -0.2) is 14.1 Å². The molecule has 9 heteroatoms. The minimum Gasteiger partial charge on any atom is -0.493 e. The van der Waals surface area contributed by atoms with E-state index in [-0.39, 0.29) is 11.3 Å². The standard InChI is InChI=1S/C26H20BrFN2O5/c1-15-3-5-16(6-4-15)14-35-23-13-21(27)17(12-22(23)34-2)11-20-24(31)29-26(33)30(25(20)32)19-9-7-18(28)8-10-19/h3-13H,14H2,1-2H3,(H,29,31,33)/b20-11+. The second kappa shape index (κ2) is 10.1. The third kappa shape index (κ3) is 5.25. The molecule has 3 aromatic rings. The van der Waals surface area contributed by atoms with Crippen LogP contribution in [-0.2, 0) is 16.2 Å². The highest BCUT2D eigenvalue weighted by Crippen LogP contribution is 2.35. The van der Waals surface area contributed by atoms with Crippen LogP contribution in [-0.4, -0.2) is 25.0 Å². The van der Waals surface area contributed by atoms with E-state index in [2.05, 4.69) is 21.2 Å². The van der Waals surface area contributed by atoms with Crippen LogP contribution < -0.4 is 19.7 Å². The summed E-state index contributed by atoms with van der Waals surface area (Å²) in [5.74, 6) is -1.35. The van der Waals surface area contributed by atoms with E-state index in [9.17, 15) is 18.8 Å². The first-order chi connectivity index (χ1) is 16.8. The van der Waals surface area contributed by atoms with Gasteiger partial charge in [-0.15, -0.1) is 0 Å². The number of barbiturate groups is 1. The van der Waals surface area contributed by atoms with Gasteiger partial charge in [0.1, 0.15) is 18.0 Å². The van der Waals surface area contributed by atoms with E-state index in [0.717, 1.165) is 28.2 Å². The summed E-state index contributed by atoms with van der Waals surface area (Å²) in [4.78, 5) is 38.6. The van der Waals surface area contributed by atoms with E-state index in [1.165, 1.54) is 25.3 Å². The fourth-order valence-corrected chi connectivity index (χ4v) is 3.85. The Kier molecular flexibility index (Phi) is 6.97. The number of benzene rings is 3. The molecule has 1 aliphatic heterocycles. The Hall–Kier alpha value is -3.98. The minimum atomic E-state index is -0.916. The molecule has 1 saturated heterocycles. The van der Waals surface area contributed by atoms with Gasteiger partial charge in [-0.3, -0.25) is 14.9 Å². The molecule has 0 unspecified atom stereocenters. The van der Waals surface area contributed by atoms with Gasteiger partial charge < -0.3 is 9.47 Å². The Labute approximate surface area is 209 Å². The topological polar surface area (TPSA) is 84.9 Å². The molecule has 1 fully saturated rings. The fourth-order valence-electron chi connectivity index (χ4n) is 3.42. The van der Waals surface area contributed by atoms with E-state index in [0.29, 0.717) is 28.1 Å². The molecule has 4 rings (SSSR count). The minimum absolute atomic E-state index is 0.129. The van der Waals surface area contributed by atoms with Crippen molar-refractivity contribution >= 4 is 45.5 Å². The molecule has 178 valence electrons. The second-order valence-corrected chi connectivity index (χ2v) is 8.59. The summed E-state index contributed by atoms with van der Waals surface area (Å²) < 4.78 is 25.2. The molecule has 0 atom stereocenters. The largest absolute Gasteiger partial charge is 0.493 e. The van der Waals surface area contributed by atoms with Crippen LogP contribution in [0.2, 0.25) is 0 Å². The zero-order chi connectivity index (χ0) is 25.1. The van der Waals surface area contributed by atoms with Gasteiger partial charge >= 0.3 is 6.03 Å². The highest BCUT2D eigenvalue weighted by molar-refractivity contribution is 9.10. The number of rotatable bonds is 6. The van der Waals surface area contributed by atoms with E-state index >= 15 is 0 Å². The van der Waals surface area contributed by atoms with Crippen molar-refractivity contribution in [3.05, 3.63) is 93.2 Å². The number of anilines is 1. The first kappa shape index (κ1) is 24.2. The molecular formula is C26H20BrFN2O5. The van der Waals surface area contributed by atoms with Gasteiger partial charge in [-0.2, -0.15) is 0 Å². The first-order valence-electron chi connectivity index (χ1n) is 10.5. The number of amides is 4. The first-order valence-corrected chi connectivity index (χ1v) is 11.3. The number of hydrogen-bond acceptors (Lipinski definition) is 5. The average Bonchev–Trinajstić information content (AvgIpc) is 2.83. The molecule has 1 heterocycles. The Bertz CT molecular complexity index is 1340. The maximum atomic E-state index is 13.3. The van der Waals surface area contributed by atoms with Gasteiger partial charge in [-0.1, -0.05) is 45.8 Å². The number of carbonyl (C=O) groups is 3. The zero-order valence-corrected chi connectivity index (χ0v) is 20.4. The third-order valence-electron chi connectivity index (χ3n) is 5.28. The summed E-state index contributed by atoms with van der Waals surface area (Å²) in [5, 5.41) is 2.14. The van der Waals surface area contributed by atoms with Crippen molar-refractivity contribution in [1.82, 2.24) is 5.32 Å². The number of urea groups is 1. The number of nitrogens with one attached hydrogen (secondary N) is 1.